The maximum Gasteiger partial charge on any atom is 0.287 e. The molecule has 2 aliphatic carbocycles. The van der Waals surface area contributed by atoms with E-state index in [1.54, 1.807) is 16.9 Å². The first-order chi connectivity index (χ1) is 12.2. The van der Waals surface area contributed by atoms with E-state index in [-0.39, 0.29) is 23.5 Å². The quantitative estimate of drug-likeness (QED) is 0.875. The first-order valence-corrected chi connectivity index (χ1v) is 9.20. The fourth-order valence-electron chi connectivity index (χ4n) is 4.46. The second kappa shape index (κ2) is 6.67. The molecule has 2 aliphatic rings. The number of furan rings is 1. The van der Waals surface area contributed by atoms with Gasteiger partial charge in [0.15, 0.2) is 5.76 Å². The summed E-state index contributed by atoms with van der Waals surface area (Å²) in [4.78, 5) is 12.6. The molecule has 0 aromatic carbocycles. The van der Waals surface area contributed by atoms with Crippen molar-refractivity contribution in [2.45, 2.75) is 57.7 Å². The zero-order valence-corrected chi connectivity index (χ0v) is 14.6. The highest BCUT2D eigenvalue weighted by atomic mass is 16.5. The molecule has 6 heteroatoms. The van der Waals surface area contributed by atoms with E-state index in [2.05, 4.69) is 10.4 Å². The van der Waals surface area contributed by atoms with Crippen molar-refractivity contribution in [2.24, 2.45) is 5.41 Å². The molecule has 1 spiro atoms. The van der Waals surface area contributed by atoms with Gasteiger partial charge in [0.05, 0.1) is 12.6 Å². The van der Waals surface area contributed by atoms with Crippen LogP contribution in [0.15, 0.2) is 35.0 Å². The maximum absolute atomic E-state index is 12.6. The molecule has 0 saturated heterocycles. The SMILES string of the molecule is CCO[C@H]1C[C@H](NC(=O)c2ccc(Cn3cccn3)o2)C12CCCC2. The molecule has 6 nitrogen and oxygen atoms in total. The molecule has 2 fully saturated rings. The van der Waals surface area contributed by atoms with E-state index in [0.717, 1.165) is 31.6 Å². The van der Waals surface area contributed by atoms with Gasteiger partial charge in [-0.2, -0.15) is 5.10 Å². The minimum atomic E-state index is -0.127. The van der Waals surface area contributed by atoms with Crippen molar-refractivity contribution in [3.63, 3.8) is 0 Å². The van der Waals surface area contributed by atoms with Gasteiger partial charge < -0.3 is 14.5 Å². The third-order valence-electron chi connectivity index (χ3n) is 5.76. The highest BCUT2D eigenvalue weighted by Gasteiger charge is 2.57. The lowest BCUT2D eigenvalue weighted by atomic mass is 9.60. The Hall–Kier alpha value is -2.08. The molecule has 1 N–H and O–H groups in total. The van der Waals surface area contributed by atoms with Gasteiger partial charge in [-0.1, -0.05) is 12.8 Å². The standard InChI is InChI=1S/C19H25N3O3/c1-2-24-17-12-16(19(17)8-3-4-9-19)21-18(23)15-7-6-14(25-15)13-22-11-5-10-20-22/h5-7,10-11,16-17H,2-4,8-9,12-13H2,1H3,(H,21,23)/t16-,17-/m0/s1. The Morgan fingerprint density at radius 1 is 1.44 bits per heavy atom. The van der Waals surface area contributed by atoms with Crippen LogP contribution in [0.25, 0.3) is 0 Å². The number of carbonyl (C=O) groups excluding carboxylic acids is 1. The molecule has 0 aliphatic heterocycles. The Bertz CT molecular complexity index is 716. The third kappa shape index (κ3) is 2.99. The van der Waals surface area contributed by atoms with Gasteiger partial charge in [0.2, 0.25) is 0 Å². The minimum Gasteiger partial charge on any atom is -0.454 e. The molecule has 0 radical (unpaired) electrons. The Balaban J connectivity index is 1.40. The number of rotatable bonds is 6. The van der Waals surface area contributed by atoms with Gasteiger partial charge in [-0.3, -0.25) is 9.48 Å². The van der Waals surface area contributed by atoms with Gasteiger partial charge >= 0.3 is 0 Å². The van der Waals surface area contributed by atoms with Crippen LogP contribution < -0.4 is 5.32 Å². The van der Waals surface area contributed by atoms with Crippen LogP contribution in [-0.4, -0.2) is 34.4 Å². The van der Waals surface area contributed by atoms with E-state index in [1.807, 2.05) is 25.3 Å². The first kappa shape index (κ1) is 16.4. The summed E-state index contributed by atoms with van der Waals surface area (Å²) in [6.45, 7) is 3.31. The van der Waals surface area contributed by atoms with E-state index in [9.17, 15) is 4.79 Å². The fourth-order valence-corrected chi connectivity index (χ4v) is 4.46. The monoisotopic (exact) mass is 343 g/mol. The van der Waals surface area contributed by atoms with Crippen molar-refractivity contribution in [1.82, 2.24) is 15.1 Å². The van der Waals surface area contributed by atoms with Gasteiger partial charge in [-0.25, -0.2) is 0 Å². The molecule has 4 rings (SSSR count). The lowest BCUT2D eigenvalue weighted by Gasteiger charge is -2.53. The minimum absolute atomic E-state index is 0.127. The van der Waals surface area contributed by atoms with Crippen LogP contribution in [-0.2, 0) is 11.3 Å². The van der Waals surface area contributed by atoms with Crippen LogP contribution >= 0.6 is 0 Å². The Morgan fingerprint density at radius 3 is 3.00 bits per heavy atom. The number of hydrogen-bond acceptors (Lipinski definition) is 4. The van der Waals surface area contributed by atoms with Crippen LogP contribution in [0.3, 0.4) is 0 Å². The molecule has 134 valence electrons. The van der Waals surface area contributed by atoms with Crippen molar-refractivity contribution in [1.29, 1.82) is 0 Å². The molecule has 2 saturated carbocycles. The summed E-state index contributed by atoms with van der Waals surface area (Å²) >= 11 is 0. The number of amides is 1. The topological polar surface area (TPSA) is 69.3 Å². The maximum atomic E-state index is 12.6. The molecule has 1 amide bonds. The lowest BCUT2D eigenvalue weighted by molar-refractivity contribution is -0.127. The molecule has 2 atom stereocenters. The molecular weight excluding hydrogens is 318 g/mol. The first-order valence-electron chi connectivity index (χ1n) is 9.20. The molecule has 0 unspecified atom stereocenters. The fraction of sp³-hybridized carbons (Fsp3) is 0.579. The van der Waals surface area contributed by atoms with Gasteiger partial charge in [-0.05, 0) is 44.4 Å². The van der Waals surface area contributed by atoms with E-state index < -0.39 is 0 Å². The normalized spacial score (nSPS) is 24.4. The van der Waals surface area contributed by atoms with E-state index in [0.29, 0.717) is 12.3 Å². The lowest BCUT2D eigenvalue weighted by Crippen LogP contribution is -2.63. The predicted octanol–water partition coefficient (Wildman–Crippen LogP) is 2.99. The Kier molecular flexibility index (Phi) is 4.37. The molecule has 0 bridgehead atoms. The summed E-state index contributed by atoms with van der Waals surface area (Å²) in [7, 11) is 0. The Labute approximate surface area is 147 Å². The molecule has 2 aromatic heterocycles. The highest BCUT2D eigenvalue weighted by molar-refractivity contribution is 5.91. The largest absolute Gasteiger partial charge is 0.454 e. The van der Waals surface area contributed by atoms with Crippen molar-refractivity contribution in [3.8, 4) is 0 Å². The van der Waals surface area contributed by atoms with Crippen molar-refractivity contribution in [2.75, 3.05) is 6.61 Å². The van der Waals surface area contributed by atoms with E-state index >= 15 is 0 Å². The number of nitrogens with one attached hydrogen (secondary N) is 1. The number of nitrogens with zero attached hydrogens (tertiary/aromatic N) is 2. The molecule has 2 aromatic rings. The summed E-state index contributed by atoms with van der Waals surface area (Å²) < 4.78 is 13.4. The summed E-state index contributed by atoms with van der Waals surface area (Å²) in [6, 6.07) is 5.64. The number of hydrogen-bond donors (Lipinski definition) is 1. The summed E-state index contributed by atoms with van der Waals surface area (Å²) in [5.74, 6) is 0.971. The van der Waals surface area contributed by atoms with Gasteiger partial charge in [0, 0.05) is 30.5 Å². The van der Waals surface area contributed by atoms with Crippen molar-refractivity contribution >= 4 is 5.91 Å². The molecular formula is C19H25N3O3. The van der Waals surface area contributed by atoms with Crippen LogP contribution in [0, 0.1) is 5.41 Å². The van der Waals surface area contributed by atoms with Crippen molar-refractivity contribution < 1.29 is 13.9 Å². The second-order valence-electron chi connectivity index (χ2n) is 7.12. The van der Waals surface area contributed by atoms with E-state index in [1.165, 1.54) is 12.8 Å². The van der Waals surface area contributed by atoms with E-state index in [4.69, 9.17) is 9.15 Å². The smallest absolute Gasteiger partial charge is 0.287 e. The predicted molar refractivity (Wildman–Crippen MR) is 92.2 cm³/mol. The number of carbonyl (C=O) groups is 1. The van der Waals surface area contributed by atoms with Gasteiger partial charge in [0.25, 0.3) is 5.91 Å². The van der Waals surface area contributed by atoms with Crippen LogP contribution in [0.4, 0.5) is 0 Å². The van der Waals surface area contributed by atoms with Gasteiger partial charge in [-0.15, -0.1) is 0 Å². The van der Waals surface area contributed by atoms with Crippen molar-refractivity contribution in [3.05, 3.63) is 42.1 Å². The Morgan fingerprint density at radius 2 is 2.28 bits per heavy atom. The van der Waals surface area contributed by atoms with Crippen LogP contribution in [0.2, 0.25) is 0 Å². The van der Waals surface area contributed by atoms with Crippen LogP contribution in [0.5, 0.6) is 0 Å². The zero-order chi connectivity index (χ0) is 17.3. The molecule has 2 heterocycles. The van der Waals surface area contributed by atoms with Crippen LogP contribution in [0.1, 0.15) is 55.3 Å². The zero-order valence-electron chi connectivity index (χ0n) is 14.6. The second-order valence-corrected chi connectivity index (χ2v) is 7.12. The third-order valence-corrected chi connectivity index (χ3v) is 5.76. The summed E-state index contributed by atoms with van der Waals surface area (Å²) in [6.07, 6.45) is 9.53. The van der Waals surface area contributed by atoms with Gasteiger partial charge in [0.1, 0.15) is 5.76 Å². The average Bonchev–Trinajstić information content (AvgIpc) is 3.36. The number of ether oxygens (including phenoxy) is 1. The highest BCUT2D eigenvalue weighted by Crippen LogP contribution is 2.54. The summed E-state index contributed by atoms with van der Waals surface area (Å²) in [5, 5.41) is 7.34. The summed E-state index contributed by atoms with van der Waals surface area (Å²) in [5.41, 5.74) is 0.135. The average molecular weight is 343 g/mol. The molecule has 25 heavy (non-hydrogen) atoms. The number of aromatic nitrogens is 2.